The van der Waals surface area contributed by atoms with E-state index in [2.05, 4.69) is 33.8 Å². The second kappa shape index (κ2) is 10.9. The van der Waals surface area contributed by atoms with Crippen LogP contribution in [0.25, 0.3) is 5.69 Å². The quantitative estimate of drug-likeness (QED) is 0.300. The van der Waals surface area contributed by atoms with Gasteiger partial charge in [0.25, 0.3) is 5.91 Å². The van der Waals surface area contributed by atoms with Crippen molar-refractivity contribution in [1.82, 2.24) is 19.6 Å². The van der Waals surface area contributed by atoms with Crippen molar-refractivity contribution in [3.8, 4) is 17.2 Å². The first-order valence-corrected chi connectivity index (χ1v) is 13.6. The number of ether oxygens (including phenoxy) is 2. The summed E-state index contributed by atoms with van der Waals surface area (Å²) >= 11 is 0. The molecule has 7 heteroatoms. The SMILES string of the molecule is COc1ccc(CN2CCc3c(c(CN(C(=O)c4ccc(OC)cc4)C4CC4)nn3-c3ccccc3)C2)cc1. The first kappa shape index (κ1) is 25.2. The van der Waals surface area contributed by atoms with E-state index in [0.29, 0.717) is 12.1 Å². The van der Waals surface area contributed by atoms with Crippen LogP contribution in [0.5, 0.6) is 11.5 Å². The van der Waals surface area contributed by atoms with Crippen LogP contribution in [0.3, 0.4) is 0 Å². The summed E-state index contributed by atoms with van der Waals surface area (Å²) in [6.07, 6.45) is 2.98. The van der Waals surface area contributed by atoms with E-state index in [-0.39, 0.29) is 11.9 Å². The highest BCUT2D eigenvalue weighted by Gasteiger charge is 2.35. The number of amides is 1. The lowest BCUT2D eigenvalue weighted by molar-refractivity contribution is 0.0726. The van der Waals surface area contributed by atoms with Crippen LogP contribution in [0.4, 0.5) is 0 Å². The molecule has 1 saturated carbocycles. The van der Waals surface area contributed by atoms with Gasteiger partial charge in [0.15, 0.2) is 0 Å². The van der Waals surface area contributed by atoms with E-state index in [4.69, 9.17) is 14.6 Å². The van der Waals surface area contributed by atoms with E-state index in [9.17, 15) is 4.79 Å². The van der Waals surface area contributed by atoms with E-state index in [0.717, 1.165) is 61.8 Å². The Balaban J connectivity index is 1.30. The molecule has 1 aliphatic carbocycles. The van der Waals surface area contributed by atoms with Crippen molar-refractivity contribution in [2.75, 3.05) is 20.8 Å². The third-order valence-corrected chi connectivity index (χ3v) is 7.69. The van der Waals surface area contributed by atoms with E-state index in [1.54, 1.807) is 14.2 Å². The second-order valence-electron chi connectivity index (χ2n) is 10.3. The predicted molar refractivity (Wildman–Crippen MR) is 150 cm³/mol. The third kappa shape index (κ3) is 5.40. The van der Waals surface area contributed by atoms with Gasteiger partial charge in [0.1, 0.15) is 11.5 Å². The molecule has 2 heterocycles. The van der Waals surface area contributed by atoms with Gasteiger partial charge >= 0.3 is 0 Å². The van der Waals surface area contributed by atoms with Gasteiger partial charge in [-0.2, -0.15) is 5.10 Å². The Morgan fingerprint density at radius 2 is 1.59 bits per heavy atom. The molecule has 3 aromatic carbocycles. The largest absolute Gasteiger partial charge is 0.497 e. The number of hydrogen-bond donors (Lipinski definition) is 0. The van der Waals surface area contributed by atoms with E-state index < -0.39 is 0 Å². The summed E-state index contributed by atoms with van der Waals surface area (Å²) in [4.78, 5) is 18.1. The maximum atomic E-state index is 13.7. The third-order valence-electron chi connectivity index (χ3n) is 7.69. The molecule has 2 aliphatic rings. The smallest absolute Gasteiger partial charge is 0.254 e. The standard InChI is InChI=1S/C32H34N4O3/c1-38-27-14-8-23(9-15-27)20-34-19-18-31-29(21-34)30(33-36(31)26-6-4-3-5-7-26)22-35(25-12-13-25)32(37)24-10-16-28(39-2)17-11-24/h3-11,14-17,25H,12-13,18-22H2,1-2H3. The van der Waals surface area contributed by atoms with E-state index in [1.807, 2.05) is 59.5 Å². The van der Waals surface area contributed by atoms with Crippen LogP contribution in [0.15, 0.2) is 78.9 Å². The molecule has 1 aliphatic heterocycles. The van der Waals surface area contributed by atoms with Crippen LogP contribution in [-0.2, 0) is 26.1 Å². The number of para-hydroxylation sites is 1. The topological polar surface area (TPSA) is 59.8 Å². The molecule has 0 saturated heterocycles. The van der Waals surface area contributed by atoms with Crippen molar-refractivity contribution < 1.29 is 14.3 Å². The highest BCUT2D eigenvalue weighted by Crippen LogP contribution is 2.33. The van der Waals surface area contributed by atoms with Crippen molar-refractivity contribution in [2.45, 2.75) is 44.9 Å². The molecule has 1 aromatic heterocycles. The Morgan fingerprint density at radius 1 is 0.923 bits per heavy atom. The minimum Gasteiger partial charge on any atom is -0.497 e. The Kier molecular flexibility index (Phi) is 7.07. The van der Waals surface area contributed by atoms with Crippen molar-refractivity contribution >= 4 is 5.91 Å². The summed E-state index contributed by atoms with van der Waals surface area (Å²) in [5.41, 5.74) is 6.47. The monoisotopic (exact) mass is 522 g/mol. The first-order valence-electron chi connectivity index (χ1n) is 13.6. The molecule has 7 nitrogen and oxygen atoms in total. The van der Waals surface area contributed by atoms with Gasteiger partial charge in [0.05, 0.1) is 37.8 Å². The second-order valence-corrected chi connectivity index (χ2v) is 10.3. The maximum Gasteiger partial charge on any atom is 0.254 e. The van der Waals surface area contributed by atoms with Crippen LogP contribution in [-0.4, -0.2) is 52.3 Å². The average Bonchev–Trinajstić information content (AvgIpc) is 3.78. The van der Waals surface area contributed by atoms with Gasteiger partial charge < -0.3 is 14.4 Å². The molecule has 0 radical (unpaired) electrons. The highest BCUT2D eigenvalue weighted by molar-refractivity contribution is 5.94. The number of fused-ring (bicyclic) bond motifs is 1. The number of benzene rings is 3. The van der Waals surface area contributed by atoms with Crippen molar-refractivity contribution in [3.63, 3.8) is 0 Å². The summed E-state index contributed by atoms with van der Waals surface area (Å²) in [6, 6.07) is 26.3. The summed E-state index contributed by atoms with van der Waals surface area (Å²) in [5, 5.41) is 5.14. The number of carbonyl (C=O) groups excluding carboxylic acids is 1. The van der Waals surface area contributed by atoms with Crippen LogP contribution < -0.4 is 9.47 Å². The van der Waals surface area contributed by atoms with Crippen molar-refractivity contribution in [3.05, 3.63) is 107 Å². The molecular formula is C32H34N4O3. The van der Waals surface area contributed by atoms with Gasteiger partial charge in [-0.15, -0.1) is 0 Å². The normalized spacial score (nSPS) is 15.0. The molecule has 0 atom stereocenters. The minimum atomic E-state index is 0.0501. The Morgan fingerprint density at radius 3 is 2.23 bits per heavy atom. The fourth-order valence-electron chi connectivity index (χ4n) is 5.39. The molecule has 1 fully saturated rings. The number of rotatable bonds is 9. The number of nitrogens with zero attached hydrogens (tertiary/aromatic N) is 4. The Hall–Kier alpha value is -4.10. The zero-order chi connectivity index (χ0) is 26.8. The zero-order valence-corrected chi connectivity index (χ0v) is 22.5. The minimum absolute atomic E-state index is 0.0501. The first-order chi connectivity index (χ1) is 19.1. The van der Waals surface area contributed by atoms with Gasteiger partial charge in [-0.3, -0.25) is 9.69 Å². The van der Waals surface area contributed by atoms with E-state index in [1.165, 1.54) is 16.8 Å². The highest BCUT2D eigenvalue weighted by atomic mass is 16.5. The molecule has 0 N–H and O–H groups in total. The summed E-state index contributed by atoms with van der Waals surface area (Å²) in [6.45, 7) is 3.12. The molecule has 1 amide bonds. The number of hydrogen-bond acceptors (Lipinski definition) is 5. The Labute approximate surface area is 229 Å². The number of aromatic nitrogens is 2. The maximum absolute atomic E-state index is 13.7. The molecule has 0 unspecified atom stereocenters. The molecule has 6 rings (SSSR count). The summed E-state index contributed by atoms with van der Waals surface area (Å²) < 4.78 is 12.7. The van der Waals surface area contributed by atoms with E-state index >= 15 is 0 Å². The van der Waals surface area contributed by atoms with Crippen LogP contribution in [0.1, 0.15) is 45.7 Å². The molecule has 4 aromatic rings. The average molecular weight is 523 g/mol. The fourth-order valence-corrected chi connectivity index (χ4v) is 5.39. The van der Waals surface area contributed by atoms with Crippen LogP contribution in [0, 0.1) is 0 Å². The summed E-state index contributed by atoms with van der Waals surface area (Å²) in [7, 11) is 3.33. The lowest BCUT2D eigenvalue weighted by atomic mass is 10.0. The number of carbonyl (C=O) groups is 1. The number of methoxy groups -OCH3 is 2. The molecule has 0 bridgehead atoms. The lowest BCUT2D eigenvalue weighted by Gasteiger charge is -2.29. The van der Waals surface area contributed by atoms with Gasteiger partial charge in [-0.1, -0.05) is 30.3 Å². The van der Waals surface area contributed by atoms with Crippen LogP contribution in [0.2, 0.25) is 0 Å². The van der Waals surface area contributed by atoms with Gasteiger partial charge in [0.2, 0.25) is 0 Å². The molecule has 0 spiro atoms. The van der Waals surface area contributed by atoms with Gasteiger partial charge in [-0.25, -0.2) is 4.68 Å². The molecular weight excluding hydrogens is 488 g/mol. The predicted octanol–water partition coefficient (Wildman–Crippen LogP) is 5.25. The zero-order valence-electron chi connectivity index (χ0n) is 22.5. The molecule has 39 heavy (non-hydrogen) atoms. The molecule has 200 valence electrons. The van der Waals surface area contributed by atoms with Gasteiger partial charge in [-0.05, 0) is 66.9 Å². The Bertz CT molecular complexity index is 1430. The van der Waals surface area contributed by atoms with Crippen molar-refractivity contribution in [1.29, 1.82) is 0 Å². The summed E-state index contributed by atoms with van der Waals surface area (Å²) in [5.74, 6) is 1.67. The lowest BCUT2D eigenvalue weighted by Crippen LogP contribution is -2.34. The fraction of sp³-hybridized carbons (Fsp3) is 0.312. The van der Waals surface area contributed by atoms with Crippen LogP contribution >= 0.6 is 0 Å². The van der Waals surface area contributed by atoms with Gasteiger partial charge in [0, 0.05) is 43.2 Å². The van der Waals surface area contributed by atoms with Crippen molar-refractivity contribution in [2.24, 2.45) is 0 Å².